The Bertz CT molecular complexity index is 747. The molecule has 2 N–H and O–H groups in total. The molecular formula is C15H13F2N3O3. The third-order valence-corrected chi connectivity index (χ3v) is 3.40. The Hall–Kier alpha value is -2.90. The van der Waals surface area contributed by atoms with Crippen molar-refractivity contribution >= 4 is 23.2 Å². The number of fused-ring (bicyclic) bond motifs is 1. The van der Waals surface area contributed by atoms with Gasteiger partial charge in [-0.15, -0.1) is 0 Å². The van der Waals surface area contributed by atoms with Crippen molar-refractivity contribution in [2.75, 3.05) is 23.3 Å². The molecule has 1 aromatic carbocycles. The highest BCUT2D eigenvalue weighted by Crippen LogP contribution is 2.31. The number of halogens is 2. The van der Waals surface area contributed by atoms with E-state index in [2.05, 4.69) is 10.6 Å². The molecule has 0 spiro atoms. The third-order valence-electron chi connectivity index (χ3n) is 3.40. The fourth-order valence-corrected chi connectivity index (χ4v) is 2.27. The molecule has 0 radical (unpaired) electrons. The topological polar surface area (TPSA) is 74.6 Å². The maximum atomic E-state index is 13.4. The van der Waals surface area contributed by atoms with Crippen molar-refractivity contribution in [3.63, 3.8) is 0 Å². The lowest BCUT2D eigenvalue weighted by Crippen LogP contribution is -2.45. The first kappa shape index (κ1) is 15.0. The number of furan rings is 1. The summed E-state index contributed by atoms with van der Waals surface area (Å²) in [7, 11) is 0. The SMILES string of the molecule is O=C(CN1C(=O)CNc2cc(F)c(F)cc21)NCc1ccco1. The lowest BCUT2D eigenvalue weighted by Gasteiger charge is -2.29. The van der Waals surface area contributed by atoms with Gasteiger partial charge in [0.25, 0.3) is 0 Å². The number of nitrogens with one attached hydrogen (secondary N) is 2. The van der Waals surface area contributed by atoms with Crippen LogP contribution < -0.4 is 15.5 Å². The van der Waals surface area contributed by atoms with Crippen molar-refractivity contribution in [2.24, 2.45) is 0 Å². The fourth-order valence-electron chi connectivity index (χ4n) is 2.27. The average Bonchev–Trinajstić information content (AvgIpc) is 3.03. The van der Waals surface area contributed by atoms with E-state index < -0.39 is 23.4 Å². The molecule has 2 amide bonds. The lowest BCUT2D eigenvalue weighted by atomic mass is 10.1. The Morgan fingerprint density at radius 3 is 2.87 bits per heavy atom. The Morgan fingerprint density at radius 2 is 2.13 bits per heavy atom. The number of hydrogen-bond donors (Lipinski definition) is 2. The van der Waals surface area contributed by atoms with Crippen LogP contribution in [0.25, 0.3) is 0 Å². The van der Waals surface area contributed by atoms with Gasteiger partial charge in [0, 0.05) is 12.1 Å². The largest absolute Gasteiger partial charge is 0.467 e. The molecule has 0 aliphatic carbocycles. The van der Waals surface area contributed by atoms with Crippen molar-refractivity contribution in [3.05, 3.63) is 47.9 Å². The molecule has 120 valence electrons. The smallest absolute Gasteiger partial charge is 0.246 e. The predicted octanol–water partition coefficient (Wildman–Crippen LogP) is 1.63. The molecule has 0 atom stereocenters. The Kier molecular flexibility index (Phi) is 3.96. The van der Waals surface area contributed by atoms with Crippen molar-refractivity contribution in [1.29, 1.82) is 0 Å². The third kappa shape index (κ3) is 3.15. The van der Waals surface area contributed by atoms with E-state index in [-0.39, 0.29) is 31.0 Å². The van der Waals surface area contributed by atoms with E-state index in [0.29, 0.717) is 5.76 Å². The van der Waals surface area contributed by atoms with Gasteiger partial charge < -0.3 is 15.1 Å². The molecule has 0 saturated carbocycles. The van der Waals surface area contributed by atoms with Crippen LogP contribution in [0.1, 0.15) is 5.76 Å². The first-order chi connectivity index (χ1) is 11.0. The van der Waals surface area contributed by atoms with Crippen LogP contribution >= 0.6 is 0 Å². The second-order valence-corrected chi connectivity index (χ2v) is 4.97. The second-order valence-electron chi connectivity index (χ2n) is 4.97. The van der Waals surface area contributed by atoms with Gasteiger partial charge in [0.2, 0.25) is 11.8 Å². The lowest BCUT2D eigenvalue weighted by molar-refractivity contribution is -0.123. The van der Waals surface area contributed by atoms with Crippen LogP contribution in [-0.4, -0.2) is 24.9 Å². The minimum atomic E-state index is -1.08. The zero-order valence-corrected chi connectivity index (χ0v) is 11.9. The van der Waals surface area contributed by atoms with Crippen LogP contribution in [0.3, 0.4) is 0 Å². The zero-order valence-electron chi connectivity index (χ0n) is 11.9. The highest BCUT2D eigenvalue weighted by molar-refractivity contribution is 6.05. The fraction of sp³-hybridized carbons (Fsp3) is 0.200. The van der Waals surface area contributed by atoms with Crippen LogP contribution in [0, 0.1) is 11.6 Å². The molecule has 8 heteroatoms. The number of nitrogens with zero attached hydrogens (tertiary/aromatic N) is 1. The van der Waals surface area contributed by atoms with E-state index in [1.54, 1.807) is 12.1 Å². The first-order valence-electron chi connectivity index (χ1n) is 6.87. The van der Waals surface area contributed by atoms with Crippen molar-refractivity contribution < 1.29 is 22.8 Å². The van der Waals surface area contributed by atoms with Gasteiger partial charge in [0.1, 0.15) is 12.3 Å². The maximum absolute atomic E-state index is 13.4. The molecule has 2 heterocycles. The minimum Gasteiger partial charge on any atom is -0.467 e. The average molecular weight is 321 g/mol. The number of hydrogen-bond acceptors (Lipinski definition) is 4. The van der Waals surface area contributed by atoms with Crippen LogP contribution in [0.15, 0.2) is 34.9 Å². The predicted molar refractivity (Wildman–Crippen MR) is 77.8 cm³/mol. The molecule has 23 heavy (non-hydrogen) atoms. The van der Waals surface area contributed by atoms with Crippen molar-refractivity contribution in [1.82, 2.24) is 5.32 Å². The molecule has 0 bridgehead atoms. The van der Waals surface area contributed by atoms with Gasteiger partial charge in [-0.2, -0.15) is 0 Å². The summed E-state index contributed by atoms with van der Waals surface area (Å²) in [4.78, 5) is 25.1. The molecule has 0 saturated heterocycles. The van der Waals surface area contributed by atoms with Gasteiger partial charge in [-0.25, -0.2) is 8.78 Å². The molecule has 6 nitrogen and oxygen atoms in total. The molecule has 0 unspecified atom stereocenters. The zero-order chi connectivity index (χ0) is 16.4. The molecule has 0 fully saturated rings. The van der Waals surface area contributed by atoms with Gasteiger partial charge in [0.15, 0.2) is 11.6 Å². The highest BCUT2D eigenvalue weighted by Gasteiger charge is 2.27. The van der Waals surface area contributed by atoms with Gasteiger partial charge in [-0.3, -0.25) is 14.5 Å². The standard InChI is InChI=1S/C15H13F2N3O3/c16-10-4-12-13(5-11(10)17)20(15(22)7-18-12)8-14(21)19-6-9-2-1-3-23-9/h1-5,18H,6-8H2,(H,19,21). The molecule has 1 aliphatic rings. The molecule has 3 rings (SSSR count). The van der Waals surface area contributed by atoms with Gasteiger partial charge in [-0.1, -0.05) is 0 Å². The monoisotopic (exact) mass is 321 g/mol. The van der Waals surface area contributed by atoms with E-state index >= 15 is 0 Å². The van der Waals surface area contributed by atoms with E-state index in [1.165, 1.54) is 6.26 Å². The Labute approximate surface area is 130 Å². The Balaban J connectivity index is 1.73. The van der Waals surface area contributed by atoms with Crippen molar-refractivity contribution in [2.45, 2.75) is 6.54 Å². The number of rotatable bonds is 4. The summed E-state index contributed by atoms with van der Waals surface area (Å²) in [5.74, 6) is -2.38. The van der Waals surface area contributed by atoms with Gasteiger partial charge in [-0.05, 0) is 12.1 Å². The quantitative estimate of drug-likeness (QED) is 0.898. The summed E-state index contributed by atoms with van der Waals surface area (Å²) in [6.07, 6.45) is 1.48. The summed E-state index contributed by atoms with van der Waals surface area (Å²) in [6, 6.07) is 5.25. The van der Waals surface area contributed by atoms with E-state index in [1.807, 2.05) is 0 Å². The highest BCUT2D eigenvalue weighted by atomic mass is 19.2. The number of benzene rings is 1. The van der Waals surface area contributed by atoms with E-state index in [9.17, 15) is 18.4 Å². The summed E-state index contributed by atoms with van der Waals surface area (Å²) in [5, 5.41) is 5.29. The van der Waals surface area contributed by atoms with Crippen LogP contribution in [0.5, 0.6) is 0 Å². The minimum absolute atomic E-state index is 0.0937. The Morgan fingerprint density at radius 1 is 1.35 bits per heavy atom. The van der Waals surface area contributed by atoms with Gasteiger partial charge >= 0.3 is 0 Å². The maximum Gasteiger partial charge on any atom is 0.246 e. The second kappa shape index (κ2) is 6.07. The van der Waals surface area contributed by atoms with E-state index in [4.69, 9.17) is 4.42 Å². The molecule has 2 aromatic rings. The van der Waals surface area contributed by atoms with Crippen LogP contribution in [-0.2, 0) is 16.1 Å². The summed E-state index contributed by atoms with van der Waals surface area (Å²) in [5.41, 5.74) is 0.399. The summed E-state index contributed by atoms with van der Waals surface area (Å²) < 4.78 is 31.8. The first-order valence-corrected chi connectivity index (χ1v) is 6.87. The van der Waals surface area contributed by atoms with Crippen molar-refractivity contribution in [3.8, 4) is 0 Å². The van der Waals surface area contributed by atoms with Crippen LogP contribution in [0.2, 0.25) is 0 Å². The summed E-state index contributed by atoms with van der Waals surface area (Å²) >= 11 is 0. The molecule has 1 aromatic heterocycles. The van der Waals surface area contributed by atoms with Gasteiger partial charge in [0.05, 0.1) is 30.7 Å². The number of anilines is 2. The normalized spacial score (nSPS) is 13.5. The van der Waals surface area contributed by atoms with E-state index in [0.717, 1.165) is 17.0 Å². The molecule has 1 aliphatic heterocycles. The summed E-state index contributed by atoms with van der Waals surface area (Å²) in [6.45, 7) is -0.209. The number of carbonyl (C=O) groups is 2. The number of carbonyl (C=O) groups excluding carboxylic acids is 2. The van der Waals surface area contributed by atoms with Crippen LogP contribution in [0.4, 0.5) is 20.2 Å². The number of amides is 2. The molecular weight excluding hydrogens is 308 g/mol.